The van der Waals surface area contributed by atoms with Crippen LogP contribution in [0.5, 0.6) is 0 Å². The topological polar surface area (TPSA) is 69.1 Å². The van der Waals surface area contributed by atoms with Crippen LogP contribution in [0.25, 0.3) is 0 Å². The second-order valence-corrected chi connectivity index (χ2v) is 4.53. The molecular weight excluding hydrogens is 248 g/mol. The first kappa shape index (κ1) is 12.5. The van der Waals surface area contributed by atoms with Crippen molar-refractivity contribution in [2.45, 2.75) is 6.42 Å². The lowest BCUT2D eigenvalue weighted by Gasteiger charge is -2.06. The number of nitrogens with two attached hydrogens (primary N) is 2. The fraction of sp³-hybridized carbons (Fsp3) is 0.0714. The first-order valence-corrected chi connectivity index (χ1v) is 5.86. The molecule has 4 heteroatoms. The normalized spacial score (nSPS) is 10.3. The van der Waals surface area contributed by atoms with Crippen LogP contribution in [0.1, 0.15) is 21.5 Å². The molecule has 0 bridgehead atoms. The van der Waals surface area contributed by atoms with Crippen molar-refractivity contribution in [3.8, 4) is 0 Å². The van der Waals surface area contributed by atoms with Crippen LogP contribution in [0.15, 0.2) is 42.5 Å². The van der Waals surface area contributed by atoms with Crippen molar-refractivity contribution in [1.82, 2.24) is 0 Å². The van der Waals surface area contributed by atoms with Crippen LogP contribution in [0.2, 0.25) is 5.02 Å². The van der Waals surface area contributed by atoms with Crippen molar-refractivity contribution >= 4 is 23.2 Å². The molecule has 18 heavy (non-hydrogen) atoms. The van der Waals surface area contributed by atoms with Crippen LogP contribution in [0.4, 0.5) is 5.69 Å². The van der Waals surface area contributed by atoms with Gasteiger partial charge in [0.15, 0.2) is 0 Å². The molecule has 4 N–H and O–H groups in total. The summed E-state index contributed by atoms with van der Waals surface area (Å²) < 4.78 is 0. The Labute approximate surface area is 110 Å². The summed E-state index contributed by atoms with van der Waals surface area (Å²) in [5.74, 6) is -0.509. The van der Waals surface area contributed by atoms with Gasteiger partial charge in [0.05, 0.1) is 5.56 Å². The summed E-state index contributed by atoms with van der Waals surface area (Å²) >= 11 is 5.82. The van der Waals surface area contributed by atoms with E-state index in [0.717, 1.165) is 17.5 Å². The zero-order chi connectivity index (χ0) is 13.1. The monoisotopic (exact) mass is 260 g/mol. The van der Waals surface area contributed by atoms with Gasteiger partial charge >= 0.3 is 0 Å². The molecule has 0 heterocycles. The van der Waals surface area contributed by atoms with Crippen molar-refractivity contribution in [3.63, 3.8) is 0 Å². The Kier molecular flexibility index (Phi) is 3.53. The second kappa shape index (κ2) is 5.10. The van der Waals surface area contributed by atoms with Crippen molar-refractivity contribution in [2.75, 3.05) is 5.73 Å². The van der Waals surface area contributed by atoms with Crippen LogP contribution in [0, 0.1) is 0 Å². The summed E-state index contributed by atoms with van der Waals surface area (Å²) in [6.07, 6.45) is 0.737. The van der Waals surface area contributed by atoms with Crippen molar-refractivity contribution in [2.24, 2.45) is 5.73 Å². The van der Waals surface area contributed by atoms with Crippen LogP contribution in [0.3, 0.4) is 0 Å². The Morgan fingerprint density at radius 2 is 1.67 bits per heavy atom. The summed E-state index contributed by atoms with van der Waals surface area (Å²) in [6, 6.07) is 12.9. The minimum atomic E-state index is -0.509. The van der Waals surface area contributed by atoms with Crippen molar-refractivity contribution in [3.05, 3.63) is 64.2 Å². The third kappa shape index (κ3) is 2.81. The zero-order valence-electron chi connectivity index (χ0n) is 9.69. The molecule has 0 fully saturated rings. The Morgan fingerprint density at radius 1 is 1.06 bits per heavy atom. The van der Waals surface area contributed by atoms with Crippen LogP contribution >= 0.6 is 11.6 Å². The van der Waals surface area contributed by atoms with E-state index < -0.39 is 5.91 Å². The number of carbonyl (C=O) groups is 1. The Bertz CT molecular complexity index is 579. The number of primary amides is 1. The molecule has 0 atom stereocenters. The van der Waals surface area contributed by atoms with Gasteiger partial charge in [-0.3, -0.25) is 4.79 Å². The lowest BCUT2D eigenvalue weighted by atomic mass is 10.0. The van der Waals surface area contributed by atoms with E-state index in [1.165, 1.54) is 0 Å². The molecule has 0 aliphatic rings. The minimum Gasteiger partial charge on any atom is -0.398 e. The standard InChI is InChI=1S/C14H13ClN2O/c15-11-4-1-9(2-5-11)7-10-3-6-12(14(17)18)13(16)8-10/h1-6,8H,7,16H2,(H2,17,18). The molecule has 0 aromatic heterocycles. The highest BCUT2D eigenvalue weighted by Crippen LogP contribution is 2.18. The van der Waals surface area contributed by atoms with Gasteiger partial charge in [-0.15, -0.1) is 0 Å². The number of nitrogen functional groups attached to an aromatic ring is 1. The Morgan fingerprint density at radius 3 is 2.22 bits per heavy atom. The SMILES string of the molecule is NC(=O)c1ccc(Cc2ccc(Cl)cc2)cc1N. The van der Waals surface area contributed by atoms with E-state index in [1.54, 1.807) is 12.1 Å². The quantitative estimate of drug-likeness (QED) is 0.833. The molecule has 0 saturated carbocycles. The maximum Gasteiger partial charge on any atom is 0.250 e. The smallest absolute Gasteiger partial charge is 0.250 e. The Hall–Kier alpha value is -2.00. The maximum absolute atomic E-state index is 11.1. The predicted molar refractivity (Wildman–Crippen MR) is 73.6 cm³/mol. The third-order valence-corrected chi connectivity index (χ3v) is 2.95. The molecule has 0 radical (unpaired) electrons. The highest BCUT2D eigenvalue weighted by molar-refractivity contribution is 6.30. The molecule has 0 aliphatic carbocycles. The third-order valence-electron chi connectivity index (χ3n) is 2.70. The van der Waals surface area contributed by atoms with Gasteiger partial charge < -0.3 is 11.5 Å². The summed E-state index contributed by atoms with van der Waals surface area (Å²) in [5.41, 5.74) is 13.9. The van der Waals surface area contributed by atoms with Crippen LogP contribution in [-0.4, -0.2) is 5.91 Å². The van der Waals surface area contributed by atoms with Gasteiger partial charge in [0.1, 0.15) is 0 Å². The molecular formula is C14H13ClN2O. The molecule has 92 valence electrons. The lowest BCUT2D eigenvalue weighted by molar-refractivity contribution is 0.100. The lowest BCUT2D eigenvalue weighted by Crippen LogP contribution is -2.13. The van der Waals surface area contributed by atoms with Crippen molar-refractivity contribution in [1.29, 1.82) is 0 Å². The van der Waals surface area contributed by atoms with E-state index in [2.05, 4.69) is 0 Å². The average Bonchev–Trinajstić information content (AvgIpc) is 2.32. The van der Waals surface area contributed by atoms with Gasteiger partial charge in [0.25, 0.3) is 5.91 Å². The van der Waals surface area contributed by atoms with Crippen LogP contribution in [-0.2, 0) is 6.42 Å². The molecule has 1 amide bonds. The number of rotatable bonds is 3. The fourth-order valence-corrected chi connectivity index (χ4v) is 1.91. The van der Waals surface area contributed by atoms with E-state index in [4.69, 9.17) is 23.1 Å². The molecule has 2 aromatic carbocycles. The number of hydrogen-bond acceptors (Lipinski definition) is 2. The first-order chi connectivity index (χ1) is 8.56. The maximum atomic E-state index is 11.1. The van der Waals surface area contributed by atoms with Gasteiger partial charge in [0.2, 0.25) is 0 Å². The largest absolute Gasteiger partial charge is 0.398 e. The molecule has 2 rings (SSSR count). The predicted octanol–water partition coefficient (Wildman–Crippen LogP) is 2.61. The van der Waals surface area contributed by atoms with E-state index in [1.807, 2.05) is 30.3 Å². The van der Waals surface area contributed by atoms with Gasteiger partial charge in [-0.1, -0.05) is 29.8 Å². The van der Waals surface area contributed by atoms with E-state index in [-0.39, 0.29) is 0 Å². The molecule has 0 unspecified atom stereocenters. The number of hydrogen-bond donors (Lipinski definition) is 2. The minimum absolute atomic E-state index is 0.356. The summed E-state index contributed by atoms with van der Waals surface area (Å²) in [7, 11) is 0. The summed E-state index contributed by atoms with van der Waals surface area (Å²) in [4.78, 5) is 11.1. The average molecular weight is 261 g/mol. The number of carbonyl (C=O) groups excluding carboxylic acids is 1. The highest BCUT2D eigenvalue weighted by atomic mass is 35.5. The van der Waals surface area contributed by atoms with E-state index in [0.29, 0.717) is 16.3 Å². The second-order valence-electron chi connectivity index (χ2n) is 4.09. The van der Waals surface area contributed by atoms with Gasteiger partial charge in [-0.2, -0.15) is 0 Å². The molecule has 3 nitrogen and oxygen atoms in total. The summed E-state index contributed by atoms with van der Waals surface area (Å²) in [5, 5.41) is 0.711. The number of anilines is 1. The fourth-order valence-electron chi connectivity index (χ4n) is 1.78. The highest BCUT2D eigenvalue weighted by Gasteiger charge is 2.06. The van der Waals surface area contributed by atoms with E-state index >= 15 is 0 Å². The summed E-state index contributed by atoms with van der Waals surface area (Å²) in [6.45, 7) is 0. The molecule has 2 aromatic rings. The van der Waals surface area contributed by atoms with Gasteiger partial charge in [-0.05, 0) is 41.8 Å². The van der Waals surface area contributed by atoms with E-state index in [9.17, 15) is 4.79 Å². The molecule has 0 aliphatic heterocycles. The number of amides is 1. The number of halogens is 1. The Balaban J connectivity index is 2.22. The first-order valence-electron chi connectivity index (χ1n) is 5.49. The molecule has 0 saturated heterocycles. The van der Waals surface area contributed by atoms with Gasteiger partial charge in [0, 0.05) is 10.7 Å². The number of benzene rings is 2. The van der Waals surface area contributed by atoms with Crippen molar-refractivity contribution < 1.29 is 4.79 Å². The van der Waals surface area contributed by atoms with Crippen LogP contribution < -0.4 is 11.5 Å². The zero-order valence-corrected chi connectivity index (χ0v) is 10.4. The van der Waals surface area contributed by atoms with Gasteiger partial charge in [-0.25, -0.2) is 0 Å². The molecule has 0 spiro atoms.